The molecule has 1 aromatic carbocycles. The van der Waals surface area contributed by atoms with Gasteiger partial charge in [0.1, 0.15) is 11.5 Å². The number of hydrogen-bond acceptors (Lipinski definition) is 3. The molecule has 3 N–H and O–H groups in total. The minimum absolute atomic E-state index is 0.0989. The van der Waals surface area contributed by atoms with Crippen LogP contribution in [0.1, 0.15) is 13.3 Å². The molecule has 1 aromatic rings. The average molecular weight is 195 g/mol. The monoisotopic (exact) mass is 195 g/mol. The van der Waals surface area contributed by atoms with E-state index < -0.39 is 12.0 Å². The molecule has 1 rings (SSSR count). The Morgan fingerprint density at radius 3 is 2.86 bits per heavy atom. The molecule has 0 aliphatic heterocycles. The van der Waals surface area contributed by atoms with Crippen molar-refractivity contribution < 1.29 is 14.6 Å². The number of rotatable bonds is 4. The van der Waals surface area contributed by atoms with Crippen molar-refractivity contribution in [3.8, 4) is 11.5 Å². The number of phenolic OH excluding ortho intramolecular Hbond substituents is 1. The van der Waals surface area contributed by atoms with Crippen molar-refractivity contribution in [2.75, 3.05) is 0 Å². The Labute approximate surface area is 82.3 Å². The van der Waals surface area contributed by atoms with E-state index in [4.69, 9.17) is 15.6 Å². The van der Waals surface area contributed by atoms with Crippen LogP contribution in [0, 0.1) is 0 Å². The molecule has 0 aliphatic carbocycles. The molecule has 4 heteroatoms. The van der Waals surface area contributed by atoms with Gasteiger partial charge in [-0.05, 0) is 18.6 Å². The molecule has 0 aliphatic rings. The molecule has 0 spiro atoms. The van der Waals surface area contributed by atoms with Crippen molar-refractivity contribution >= 4 is 5.91 Å². The molecule has 76 valence electrons. The van der Waals surface area contributed by atoms with Crippen molar-refractivity contribution in [1.82, 2.24) is 0 Å². The molecule has 0 saturated carbocycles. The summed E-state index contributed by atoms with van der Waals surface area (Å²) >= 11 is 0. The third kappa shape index (κ3) is 2.65. The number of nitrogens with two attached hydrogens (primary N) is 1. The molecule has 14 heavy (non-hydrogen) atoms. The molecule has 4 nitrogen and oxygen atoms in total. The standard InChI is InChI=1S/C10H13NO3/c1-2-9(10(11)13)14-8-5-3-4-7(12)6-8/h3-6,9,12H,2H2,1H3,(H2,11,13). The van der Waals surface area contributed by atoms with Gasteiger partial charge < -0.3 is 15.6 Å². The van der Waals surface area contributed by atoms with E-state index in [0.717, 1.165) is 0 Å². The lowest BCUT2D eigenvalue weighted by Crippen LogP contribution is -2.32. The van der Waals surface area contributed by atoms with Gasteiger partial charge in [0.25, 0.3) is 5.91 Å². The van der Waals surface area contributed by atoms with E-state index in [1.807, 2.05) is 0 Å². The van der Waals surface area contributed by atoms with Crippen LogP contribution in [0.2, 0.25) is 0 Å². The van der Waals surface area contributed by atoms with Gasteiger partial charge in [-0.15, -0.1) is 0 Å². The second kappa shape index (κ2) is 4.50. The third-order valence-corrected chi connectivity index (χ3v) is 1.78. The van der Waals surface area contributed by atoms with Gasteiger partial charge >= 0.3 is 0 Å². The van der Waals surface area contributed by atoms with Crippen LogP contribution < -0.4 is 10.5 Å². The first-order chi connectivity index (χ1) is 6.63. The lowest BCUT2D eigenvalue weighted by atomic mass is 10.2. The van der Waals surface area contributed by atoms with Gasteiger partial charge in [0.2, 0.25) is 0 Å². The zero-order valence-electron chi connectivity index (χ0n) is 7.93. The predicted octanol–water partition coefficient (Wildman–Crippen LogP) is 1.03. The first kappa shape index (κ1) is 10.4. The van der Waals surface area contributed by atoms with E-state index >= 15 is 0 Å². The maximum atomic E-state index is 10.9. The maximum Gasteiger partial charge on any atom is 0.258 e. The topological polar surface area (TPSA) is 72.6 Å². The van der Waals surface area contributed by atoms with Gasteiger partial charge in [0, 0.05) is 6.07 Å². The van der Waals surface area contributed by atoms with E-state index in [9.17, 15) is 4.79 Å². The predicted molar refractivity (Wildman–Crippen MR) is 52.0 cm³/mol. The molecule has 0 aromatic heterocycles. The number of aromatic hydroxyl groups is 1. The van der Waals surface area contributed by atoms with Gasteiger partial charge in [-0.2, -0.15) is 0 Å². The van der Waals surface area contributed by atoms with Gasteiger partial charge in [-0.25, -0.2) is 0 Å². The molecule has 0 saturated heterocycles. The number of phenols is 1. The average Bonchev–Trinajstić information content (AvgIpc) is 2.14. The highest BCUT2D eigenvalue weighted by molar-refractivity contribution is 5.79. The molecule has 1 unspecified atom stereocenters. The first-order valence-corrected chi connectivity index (χ1v) is 4.38. The number of carbonyl (C=O) groups excluding carboxylic acids is 1. The molecule has 0 fully saturated rings. The second-order valence-corrected chi connectivity index (χ2v) is 2.91. The van der Waals surface area contributed by atoms with E-state index in [2.05, 4.69) is 0 Å². The molecule has 0 bridgehead atoms. The van der Waals surface area contributed by atoms with Crippen LogP contribution in [0.5, 0.6) is 11.5 Å². The number of hydrogen-bond donors (Lipinski definition) is 2. The first-order valence-electron chi connectivity index (χ1n) is 4.38. The summed E-state index contributed by atoms with van der Waals surface area (Å²) in [5.41, 5.74) is 5.11. The fraction of sp³-hybridized carbons (Fsp3) is 0.300. The fourth-order valence-electron chi connectivity index (χ4n) is 1.06. The fourth-order valence-corrected chi connectivity index (χ4v) is 1.06. The lowest BCUT2D eigenvalue weighted by Gasteiger charge is -2.13. The van der Waals surface area contributed by atoms with Gasteiger partial charge in [0.15, 0.2) is 6.10 Å². The smallest absolute Gasteiger partial charge is 0.258 e. The number of ether oxygens (including phenoxy) is 1. The second-order valence-electron chi connectivity index (χ2n) is 2.91. The third-order valence-electron chi connectivity index (χ3n) is 1.78. The van der Waals surface area contributed by atoms with E-state index in [1.165, 1.54) is 12.1 Å². The summed E-state index contributed by atoms with van der Waals surface area (Å²) in [4.78, 5) is 10.9. The summed E-state index contributed by atoms with van der Waals surface area (Å²) < 4.78 is 5.27. The quantitative estimate of drug-likeness (QED) is 0.753. The molecule has 0 radical (unpaired) electrons. The number of primary amides is 1. The largest absolute Gasteiger partial charge is 0.508 e. The van der Waals surface area contributed by atoms with Crippen LogP contribution in [0.4, 0.5) is 0 Å². The minimum Gasteiger partial charge on any atom is -0.508 e. The van der Waals surface area contributed by atoms with Crippen molar-refractivity contribution in [3.63, 3.8) is 0 Å². The Morgan fingerprint density at radius 2 is 2.36 bits per heavy atom. The Morgan fingerprint density at radius 1 is 1.64 bits per heavy atom. The SMILES string of the molecule is CCC(Oc1cccc(O)c1)C(N)=O. The summed E-state index contributed by atoms with van der Waals surface area (Å²) in [6.45, 7) is 1.80. The number of amides is 1. The van der Waals surface area contributed by atoms with Crippen LogP contribution >= 0.6 is 0 Å². The summed E-state index contributed by atoms with van der Waals surface area (Å²) in [6.07, 6.45) is -0.137. The molecule has 1 amide bonds. The summed E-state index contributed by atoms with van der Waals surface area (Å²) in [5, 5.41) is 9.14. The van der Waals surface area contributed by atoms with Crippen molar-refractivity contribution in [3.05, 3.63) is 24.3 Å². The maximum absolute atomic E-state index is 10.9. The minimum atomic E-state index is -0.642. The summed E-state index contributed by atoms with van der Waals surface area (Å²) in [6, 6.07) is 6.26. The Bertz CT molecular complexity index is 325. The van der Waals surface area contributed by atoms with E-state index in [1.54, 1.807) is 19.1 Å². The highest BCUT2D eigenvalue weighted by Gasteiger charge is 2.14. The molecule has 0 heterocycles. The molecular weight excluding hydrogens is 182 g/mol. The molecule has 1 atom stereocenters. The lowest BCUT2D eigenvalue weighted by molar-refractivity contribution is -0.124. The summed E-state index contributed by atoms with van der Waals surface area (Å²) in [7, 11) is 0. The Balaban J connectivity index is 2.72. The van der Waals surface area contributed by atoms with Gasteiger partial charge in [0.05, 0.1) is 0 Å². The highest BCUT2D eigenvalue weighted by Crippen LogP contribution is 2.19. The van der Waals surface area contributed by atoms with E-state index in [-0.39, 0.29) is 5.75 Å². The van der Waals surface area contributed by atoms with Gasteiger partial charge in [-0.1, -0.05) is 13.0 Å². The van der Waals surface area contributed by atoms with Crippen molar-refractivity contribution in [2.45, 2.75) is 19.4 Å². The number of benzene rings is 1. The van der Waals surface area contributed by atoms with Crippen LogP contribution in [0.15, 0.2) is 24.3 Å². The zero-order chi connectivity index (χ0) is 10.6. The van der Waals surface area contributed by atoms with Crippen LogP contribution in [0.25, 0.3) is 0 Å². The number of carbonyl (C=O) groups is 1. The van der Waals surface area contributed by atoms with Crippen LogP contribution in [-0.2, 0) is 4.79 Å². The normalized spacial score (nSPS) is 12.1. The van der Waals surface area contributed by atoms with Crippen LogP contribution in [0.3, 0.4) is 0 Å². The molecular formula is C10H13NO3. The van der Waals surface area contributed by atoms with E-state index in [0.29, 0.717) is 12.2 Å². The summed E-state index contributed by atoms with van der Waals surface area (Å²) in [5.74, 6) is 0.0355. The van der Waals surface area contributed by atoms with Gasteiger partial charge in [-0.3, -0.25) is 4.79 Å². The highest BCUT2D eigenvalue weighted by atomic mass is 16.5. The Hall–Kier alpha value is -1.71. The van der Waals surface area contributed by atoms with Crippen LogP contribution in [-0.4, -0.2) is 17.1 Å². The van der Waals surface area contributed by atoms with Crippen molar-refractivity contribution in [1.29, 1.82) is 0 Å². The zero-order valence-corrected chi connectivity index (χ0v) is 7.93. The van der Waals surface area contributed by atoms with Crippen molar-refractivity contribution in [2.24, 2.45) is 5.73 Å². The Kier molecular flexibility index (Phi) is 3.34.